The summed E-state index contributed by atoms with van der Waals surface area (Å²) in [6.07, 6.45) is 1.41. The molecule has 0 amide bonds. The molecule has 0 aliphatic rings. The van der Waals surface area contributed by atoms with Crippen LogP contribution in [0, 0.1) is 0 Å². The fourth-order valence-corrected chi connectivity index (χ4v) is 1.56. The van der Waals surface area contributed by atoms with Crippen LogP contribution in [-0.2, 0) is 0 Å². The highest BCUT2D eigenvalue weighted by Crippen LogP contribution is 2.26. The van der Waals surface area contributed by atoms with Gasteiger partial charge in [0.1, 0.15) is 22.4 Å². The summed E-state index contributed by atoms with van der Waals surface area (Å²) in [5.41, 5.74) is 0. The number of hydrogen-bond donors (Lipinski definition) is 4. The van der Waals surface area contributed by atoms with E-state index in [9.17, 15) is 0 Å². The van der Waals surface area contributed by atoms with Gasteiger partial charge in [0.15, 0.2) is 0 Å². The molecule has 1 aromatic rings. The van der Waals surface area contributed by atoms with Crippen LogP contribution in [0.25, 0.3) is 0 Å². The van der Waals surface area contributed by atoms with Crippen LogP contribution in [0.1, 0.15) is 6.92 Å². The first-order valence-electron chi connectivity index (χ1n) is 4.95. The molecule has 0 aliphatic carbocycles. The lowest BCUT2D eigenvalue weighted by Gasteiger charge is -2.16. The maximum atomic E-state index is 8.95. The zero-order valence-corrected chi connectivity index (χ0v) is 10.5. The minimum atomic E-state index is -0.430. The van der Waals surface area contributed by atoms with Crippen LogP contribution >= 0.6 is 15.9 Å². The summed E-state index contributed by atoms with van der Waals surface area (Å²) >= 11 is 3.36. The second kappa shape index (κ2) is 6.62. The molecule has 1 aromatic heterocycles. The SMILES string of the molecule is CCNc1ncnc(NC(CO)CO)c1Br. The topological polar surface area (TPSA) is 90.3 Å². The molecule has 4 N–H and O–H groups in total. The van der Waals surface area contributed by atoms with Gasteiger partial charge in [-0.1, -0.05) is 0 Å². The van der Waals surface area contributed by atoms with E-state index < -0.39 is 6.04 Å². The van der Waals surface area contributed by atoms with Crippen molar-refractivity contribution in [2.24, 2.45) is 0 Å². The molecule has 1 rings (SSSR count). The van der Waals surface area contributed by atoms with Crippen molar-refractivity contribution in [1.29, 1.82) is 0 Å². The average molecular weight is 291 g/mol. The molecule has 0 spiro atoms. The van der Waals surface area contributed by atoms with Gasteiger partial charge in [-0.15, -0.1) is 0 Å². The Morgan fingerprint density at radius 2 is 1.94 bits per heavy atom. The van der Waals surface area contributed by atoms with E-state index in [2.05, 4.69) is 36.5 Å². The zero-order valence-electron chi connectivity index (χ0n) is 8.94. The first-order chi connectivity index (χ1) is 7.72. The fraction of sp³-hybridized carbons (Fsp3) is 0.556. The van der Waals surface area contributed by atoms with Crippen molar-refractivity contribution >= 4 is 27.6 Å². The smallest absolute Gasteiger partial charge is 0.146 e. The minimum Gasteiger partial charge on any atom is -0.394 e. The first kappa shape index (κ1) is 13.1. The van der Waals surface area contributed by atoms with Crippen molar-refractivity contribution in [3.05, 3.63) is 10.8 Å². The molecular weight excluding hydrogens is 276 g/mol. The predicted molar refractivity (Wildman–Crippen MR) is 65.5 cm³/mol. The van der Waals surface area contributed by atoms with Crippen LogP contribution < -0.4 is 10.6 Å². The van der Waals surface area contributed by atoms with E-state index in [1.165, 1.54) is 6.33 Å². The number of aromatic nitrogens is 2. The molecule has 1 heterocycles. The van der Waals surface area contributed by atoms with Crippen molar-refractivity contribution in [1.82, 2.24) is 9.97 Å². The van der Waals surface area contributed by atoms with Crippen LogP contribution in [0.15, 0.2) is 10.8 Å². The fourth-order valence-electron chi connectivity index (χ4n) is 1.10. The van der Waals surface area contributed by atoms with E-state index in [0.717, 1.165) is 6.54 Å². The molecule has 0 unspecified atom stereocenters. The van der Waals surface area contributed by atoms with Gasteiger partial charge in [0.05, 0.1) is 19.3 Å². The summed E-state index contributed by atoms with van der Waals surface area (Å²) in [5.74, 6) is 1.22. The molecule has 90 valence electrons. The number of anilines is 2. The monoisotopic (exact) mass is 290 g/mol. The Balaban J connectivity index is 2.83. The second-order valence-electron chi connectivity index (χ2n) is 3.12. The van der Waals surface area contributed by atoms with E-state index in [0.29, 0.717) is 16.1 Å². The highest BCUT2D eigenvalue weighted by molar-refractivity contribution is 9.10. The summed E-state index contributed by atoms with van der Waals surface area (Å²) in [5, 5.41) is 23.9. The Morgan fingerprint density at radius 1 is 1.31 bits per heavy atom. The lowest BCUT2D eigenvalue weighted by molar-refractivity contribution is 0.203. The molecule has 16 heavy (non-hydrogen) atoms. The van der Waals surface area contributed by atoms with Gasteiger partial charge in [-0.05, 0) is 22.9 Å². The van der Waals surface area contributed by atoms with Crippen LogP contribution in [0.5, 0.6) is 0 Å². The van der Waals surface area contributed by atoms with Gasteiger partial charge in [-0.3, -0.25) is 0 Å². The number of halogens is 1. The minimum absolute atomic E-state index is 0.163. The Bertz CT molecular complexity index is 333. The third kappa shape index (κ3) is 3.29. The van der Waals surface area contributed by atoms with Crippen molar-refractivity contribution in [3.63, 3.8) is 0 Å². The van der Waals surface area contributed by atoms with E-state index in [1.807, 2.05) is 6.92 Å². The number of hydrogen-bond acceptors (Lipinski definition) is 6. The molecule has 7 heteroatoms. The van der Waals surface area contributed by atoms with Crippen molar-refractivity contribution in [2.75, 3.05) is 30.4 Å². The Kier molecular flexibility index (Phi) is 5.44. The first-order valence-corrected chi connectivity index (χ1v) is 5.74. The summed E-state index contributed by atoms with van der Waals surface area (Å²) in [7, 11) is 0. The van der Waals surface area contributed by atoms with Gasteiger partial charge in [-0.2, -0.15) is 0 Å². The van der Waals surface area contributed by atoms with Gasteiger partial charge in [0, 0.05) is 6.54 Å². The molecule has 0 atom stereocenters. The Morgan fingerprint density at radius 3 is 2.50 bits per heavy atom. The molecule has 0 bridgehead atoms. The Hall–Kier alpha value is -0.920. The van der Waals surface area contributed by atoms with Gasteiger partial charge >= 0.3 is 0 Å². The lowest BCUT2D eigenvalue weighted by atomic mass is 10.3. The van der Waals surface area contributed by atoms with Gasteiger partial charge in [0.25, 0.3) is 0 Å². The van der Waals surface area contributed by atoms with Crippen LogP contribution in [-0.4, -0.2) is 46.0 Å². The molecule has 0 saturated heterocycles. The quantitative estimate of drug-likeness (QED) is 0.608. The standard InChI is InChI=1S/C9H15BrN4O2/c1-2-11-8-7(10)9(13-5-12-8)14-6(3-15)4-16/h5-6,15-16H,2-4H2,1H3,(H2,11,12,13,14). The molecule has 0 saturated carbocycles. The summed E-state index contributed by atoms with van der Waals surface area (Å²) < 4.78 is 0.684. The van der Waals surface area contributed by atoms with Gasteiger partial charge < -0.3 is 20.8 Å². The second-order valence-corrected chi connectivity index (χ2v) is 3.91. The highest BCUT2D eigenvalue weighted by atomic mass is 79.9. The van der Waals surface area contributed by atoms with E-state index in [1.54, 1.807) is 0 Å². The van der Waals surface area contributed by atoms with E-state index in [4.69, 9.17) is 10.2 Å². The lowest BCUT2D eigenvalue weighted by Crippen LogP contribution is -2.28. The van der Waals surface area contributed by atoms with Gasteiger partial charge in [0.2, 0.25) is 0 Å². The largest absolute Gasteiger partial charge is 0.394 e. The number of nitrogens with one attached hydrogen (secondary N) is 2. The zero-order chi connectivity index (χ0) is 12.0. The maximum Gasteiger partial charge on any atom is 0.146 e. The van der Waals surface area contributed by atoms with Crippen LogP contribution in [0.3, 0.4) is 0 Å². The van der Waals surface area contributed by atoms with Crippen molar-refractivity contribution in [3.8, 4) is 0 Å². The summed E-state index contributed by atoms with van der Waals surface area (Å²) in [6.45, 7) is 2.39. The van der Waals surface area contributed by atoms with E-state index >= 15 is 0 Å². The van der Waals surface area contributed by atoms with E-state index in [-0.39, 0.29) is 13.2 Å². The molecule has 0 fully saturated rings. The number of nitrogens with zero attached hydrogens (tertiary/aromatic N) is 2. The average Bonchev–Trinajstić information content (AvgIpc) is 2.30. The number of rotatable bonds is 6. The summed E-state index contributed by atoms with van der Waals surface area (Å²) in [4.78, 5) is 8.08. The molecule has 6 nitrogen and oxygen atoms in total. The van der Waals surface area contributed by atoms with Gasteiger partial charge in [-0.25, -0.2) is 9.97 Å². The van der Waals surface area contributed by atoms with Crippen LogP contribution in [0.2, 0.25) is 0 Å². The Labute approximate surface area is 102 Å². The highest BCUT2D eigenvalue weighted by Gasteiger charge is 2.12. The van der Waals surface area contributed by atoms with Crippen molar-refractivity contribution in [2.45, 2.75) is 13.0 Å². The normalized spacial score (nSPS) is 10.6. The predicted octanol–water partition coefficient (Wildman–Crippen LogP) is 0.436. The molecule has 0 radical (unpaired) electrons. The summed E-state index contributed by atoms with van der Waals surface area (Å²) in [6, 6.07) is -0.430. The molecule has 0 aromatic carbocycles. The maximum absolute atomic E-state index is 8.95. The number of aliphatic hydroxyl groups excluding tert-OH is 2. The third-order valence-corrected chi connectivity index (χ3v) is 2.67. The van der Waals surface area contributed by atoms with Crippen LogP contribution in [0.4, 0.5) is 11.6 Å². The molecule has 0 aliphatic heterocycles. The van der Waals surface area contributed by atoms with Crippen molar-refractivity contribution < 1.29 is 10.2 Å². The number of aliphatic hydroxyl groups is 2. The molecular formula is C9H15BrN4O2. The third-order valence-electron chi connectivity index (χ3n) is 1.92.